The Morgan fingerprint density at radius 3 is 2.43 bits per heavy atom. The van der Waals surface area contributed by atoms with E-state index in [0.29, 0.717) is 12.3 Å². The predicted octanol–water partition coefficient (Wildman–Crippen LogP) is 2.03. The Morgan fingerprint density at radius 2 is 1.75 bits per heavy atom. The molecular formula is C19H17N5O4. The van der Waals surface area contributed by atoms with Crippen molar-refractivity contribution in [3.63, 3.8) is 0 Å². The monoisotopic (exact) mass is 379 g/mol. The quantitative estimate of drug-likeness (QED) is 0.497. The highest BCUT2D eigenvalue weighted by Gasteiger charge is 2.45. The van der Waals surface area contributed by atoms with E-state index in [9.17, 15) is 14.4 Å². The number of amides is 4. The fourth-order valence-electron chi connectivity index (χ4n) is 3.08. The number of anilines is 1. The van der Waals surface area contributed by atoms with E-state index >= 15 is 0 Å². The van der Waals surface area contributed by atoms with Crippen LogP contribution in [0.5, 0.6) is 0 Å². The van der Waals surface area contributed by atoms with E-state index in [1.54, 1.807) is 42.1 Å². The number of hydrogen-bond donors (Lipinski definition) is 0. The second kappa shape index (κ2) is 6.76. The summed E-state index contributed by atoms with van der Waals surface area (Å²) in [5.74, 6) is -1.07. The molecule has 0 radical (unpaired) electrons. The number of hydrogen-bond acceptors (Lipinski definition) is 6. The number of aryl methyl sites for hydroxylation is 2. The minimum Gasteiger partial charge on any atom is -0.361 e. The summed E-state index contributed by atoms with van der Waals surface area (Å²) in [5, 5.41) is 8.09. The standard InChI is InChI=1S/C19H17N5O4/c1-12-16(13(2)28-21-12)11-22-10-15(8-20-22)24-18(26)17(25)23(19(24)27)9-14-6-4-3-5-7-14/h3-8,10H,9,11H2,1-2H3. The summed E-state index contributed by atoms with van der Waals surface area (Å²) in [6.07, 6.45) is 2.92. The van der Waals surface area contributed by atoms with Gasteiger partial charge in [0.1, 0.15) is 5.76 Å². The van der Waals surface area contributed by atoms with Crippen molar-refractivity contribution in [1.29, 1.82) is 0 Å². The van der Waals surface area contributed by atoms with Gasteiger partial charge in [-0.1, -0.05) is 35.5 Å². The zero-order valence-electron chi connectivity index (χ0n) is 15.3. The minimum absolute atomic E-state index is 0.0357. The second-order valence-electron chi connectivity index (χ2n) is 6.50. The van der Waals surface area contributed by atoms with E-state index in [-0.39, 0.29) is 12.2 Å². The maximum atomic E-state index is 12.7. The van der Waals surface area contributed by atoms with Crippen LogP contribution < -0.4 is 4.90 Å². The number of carbonyl (C=O) groups excluding carboxylic acids is 3. The number of urea groups is 1. The van der Waals surface area contributed by atoms with Gasteiger partial charge in [0, 0.05) is 11.8 Å². The van der Waals surface area contributed by atoms with Gasteiger partial charge in [-0.05, 0) is 19.4 Å². The van der Waals surface area contributed by atoms with Crippen molar-refractivity contribution in [2.75, 3.05) is 4.90 Å². The van der Waals surface area contributed by atoms with Crippen molar-refractivity contribution < 1.29 is 18.9 Å². The topological polar surface area (TPSA) is 102 Å². The summed E-state index contributed by atoms with van der Waals surface area (Å²) in [6.45, 7) is 4.03. The molecule has 0 aliphatic carbocycles. The lowest BCUT2D eigenvalue weighted by molar-refractivity contribution is -0.139. The molecule has 0 spiro atoms. The Morgan fingerprint density at radius 1 is 1.00 bits per heavy atom. The Bertz CT molecular complexity index is 1050. The first kappa shape index (κ1) is 17.7. The average Bonchev–Trinajstić information content (AvgIpc) is 3.33. The molecule has 9 nitrogen and oxygen atoms in total. The van der Waals surface area contributed by atoms with E-state index < -0.39 is 17.8 Å². The molecule has 0 N–H and O–H groups in total. The molecule has 0 bridgehead atoms. The molecule has 1 saturated heterocycles. The first-order chi connectivity index (χ1) is 13.5. The summed E-state index contributed by atoms with van der Waals surface area (Å²) < 4.78 is 6.69. The van der Waals surface area contributed by atoms with Crippen molar-refractivity contribution in [1.82, 2.24) is 19.8 Å². The molecule has 0 atom stereocenters. The van der Waals surface area contributed by atoms with E-state index in [0.717, 1.165) is 26.6 Å². The second-order valence-corrected chi connectivity index (χ2v) is 6.50. The SMILES string of the molecule is Cc1noc(C)c1Cn1cc(N2C(=O)C(=O)N(Cc3ccccc3)C2=O)cn1. The van der Waals surface area contributed by atoms with E-state index in [1.807, 2.05) is 13.0 Å². The fraction of sp³-hybridized carbons (Fsp3) is 0.211. The average molecular weight is 379 g/mol. The van der Waals surface area contributed by atoms with Gasteiger partial charge in [-0.15, -0.1) is 0 Å². The number of carbonyl (C=O) groups is 3. The van der Waals surface area contributed by atoms with E-state index in [2.05, 4.69) is 10.3 Å². The van der Waals surface area contributed by atoms with Gasteiger partial charge in [0.05, 0.1) is 30.7 Å². The van der Waals surface area contributed by atoms with Crippen LogP contribution in [0, 0.1) is 13.8 Å². The summed E-state index contributed by atoms with van der Waals surface area (Å²) in [5.41, 5.74) is 2.61. The fourth-order valence-corrected chi connectivity index (χ4v) is 3.08. The number of benzene rings is 1. The molecule has 142 valence electrons. The third-order valence-electron chi connectivity index (χ3n) is 4.62. The van der Waals surface area contributed by atoms with Crippen LogP contribution in [0.1, 0.15) is 22.6 Å². The molecule has 1 fully saturated rings. The summed E-state index contributed by atoms with van der Waals surface area (Å²) >= 11 is 0. The summed E-state index contributed by atoms with van der Waals surface area (Å²) in [7, 11) is 0. The number of rotatable bonds is 5. The van der Waals surface area contributed by atoms with Crippen molar-refractivity contribution in [2.24, 2.45) is 0 Å². The maximum absolute atomic E-state index is 12.7. The largest absolute Gasteiger partial charge is 0.361 e. The van der Waals surface area contributed by atoms with Crippen LogP contribution in [0.25, 0.3) is 0 Å². The van der Waals surface area contributed by atoms with Gasteiger partial charge in [-0.25, -0.2) is 9.69 Å². The van der Waals surface area contributed by atoms with Crippen molar-refractivity contribution in [3.8, 4) is 0 Å². The summed E-state index contributed by atoms with van der Waals surface area (Å²) in [6, 6.07) is 8.33. The molecule has 2 aromatic heterocycles. The lowest BCUT2D eigenvalue weighted by atomic mass is 10.2. The predicted molar refractivity (Wildman–Crippen MR) is 97.2 cm³/mol. The Kier molecular flexibility index (Phi) is 4.26. The van der Waals surface area contributed by atoms with Gasteiger partial charge in [0.2, 0.25) is 0 Å². The van der Waals surface area contributed by atoms with Crippen LogP contribution in [0.4, 0.5) is 10.5 Å². The van der Waals surface area contributed by atoms with Crippen LogP contribution in [-0.4, -0.2) is 37.7 Å². The molecule has 1 aliphatic heterocycles. The third-order valence-corrected chi connectivity index (χ3v) is 4.62. The molecule has 1 aliphatic rings. The molecule has 4 amide bonds. The van der Waals surface area contributed by atoms with Crippen LogP contribution >= 0.6 is 0 Å². The van der Waals surface area contributed by atoms with Gasteiger partial charge in [-0.3, -0.25) is 19.2 Å². The lowest BCUT2D eigenvalue weighted by Gasteiger charge is -2.14. The Labute approximate surface area is 160 Å². The number of imide groups is 2. The number of aromatic nitrogens is 3. The molecule has 9 heteroatoms. The lowest BCUT2D eigenvalue weighted by Crippen LogP contribution is -2.32. The highest BCUT2D eigenvalue weighted by molar-refractivity contribution is 6.52. The minimum atomic E-state index is -0.891. The third kappa shape index (κ3) is 2.96. The van der Waals surface area contributed by atoms with Crippen LogP contribution in [0.15, 0.2) is 47.2 Å². The zero-order chi connectivity index (χ0) is 19.8. The Hall–Kier alpha value is -3.75. The van der Waals surface area contributed by atoms with Gasteiger partial charge in [0.15, 0.2) is 0 Å². The zero-order valence-corrected chi connectivity index (χ0v) is 15.3. The first-order valence-electron chi connectivity index (χ1n) is 8.63. The van der Waals surface area contributed by atoms with E-state index in [1.165, 1.54) is 6.20 Å². The highest BCUT2D eigenvalue weighted by atomic mass is 16.5. The van der Waals surface area contributed by atoms with E-state index in [4.69, 9.17) is 4.52 Å². The smallest absolute Gasteiger partial charge is 0.339 e. The van der Waals surface area contributed by atoms with Crippen LogP contribution in [0.3, 0.4) is 0 Å². The van der Waals surface area contributed by atoms with Gasteiger partial charge in [-0.2, -0.15) is 5.10 Å². The summed E-state index contributed by atoms with van der Waals surface area (Å²) in [4.78, 5) is 39.2. The Balaban J connectivity index is 1.56. The first-order valence-corrected chi connectivity index (χ1v) is 8.63. The van der Waals surface area contributed by atoms with Crippen molar-refractivity contribution in [3.05, 3.63) is 65.3 Å². The van der Waals surface area contributed by atoms with Crippen LogP contribution in [0.2, 0.25) is 0 Å². The van der Waals surface area contributed by atoms with Crippen molar-refractivity contribution in [2.45, 2.75) is 26.9 Å². The normalized spacial score (nSPS) is 14.4. The van der Waals surface area contributed by atoms with Crippen molar-refractivity contribution >= 4 is 23.5 Å². The maximum Gasteiger partial charge on any atom is 0.339 e. The molecule has 4 rings (SSSR count). The molecule has 1 aromatic carbocycles. The molecule has 3 heterocycles. The molecular weight excluding hydrogens is 362 g/mol. The van der Waals surface area contributed by atoms with Gasteiger partial charge < -0.3 is 4.52 Å². The molecule has 0 saturated carbocycles. The number of nitrogens with zero attached hydrogens (tertiary/aromatic N) is 5. The highest BCUT2D eigenvalue weighted by Crippen LogP contribution is 2.24. The molecule has 28 heavy (non-hydrogen) atoms. The van der Waals surface area contributed by atoms with Gasteiger partial charge >= 0.3 is 17.8 Å². The van der Waals surface area contributed by atoms with Gasteiger partial charge in [0.25, 0.3) is 0 Å². The molecule has 3 aromatic rings. The molecule has 0 unspecified atom stereocenters. The van der Waals surface area contributed by atoms with Crippen LogP contribution in [-0.2, 0) is 22.7 Å².